The highest BCUT2D eigenvalue weighted by Gasteiger charge is 2.12. The van der Waals surface area contributed by atoms with E-state index >= 15 is 0 Å². The van der Waals surface area contributed by atoms with Crippen LogP contribution in [0.5, 0.6) is 0 Å². The summed E-state index contributed by atoms with van der Waals surface area (Å²) < 4.78 is 0. The van der Waals surface area contributed by atoms with Gasteiger partial charge in [0.05, 0.1) is 5.39 Å². The number of fused-ring (bicyclic) bond motifs is 1. The fourth-order valence-electron chi connectivity index (χ4n) is 2.88. The number of aryl methyl sites for hydroxylation is 2. The maximum atomic E-state index is 4.66. The summed E-state index contributed by atoms with van der Waals surface area (Å²) in [5, 5.41) is 4.58. The van der Waals surface area contributed by atoms with E-state index in [-0.39, 0.29) is 0 Å². The van der Waals surface area contributed by atoms with Crippen molar-refractivity contribution < 1.29 is 0 Å². The van der Waals surface area contributed by atoms with Crippen LogP contribution in [0.2, 0.25) is 0 Å². The molecule has 0 spiro atoms. The Morgan fingerprint density at radius 3 is 2.48 bits per heavy atom. The Bertz CT molecular complexity index is 1050. The molecule has 0 aliphatic rings. The van der Waals surface area contributed by atoms with Crippen LogP contribution >= 0.6 is 11.3 Å². The van der Waals surface area contributed by atoms with Gasteiger partial charge >= 0.3 is 0 Å². The van der Waals surface area contributed by atoms with E-state index in [2.05, 4.69) is 77.7 Å². The van der Waals surface area contributed by atoms with Gasteiger partial charge in [-0.2, -0.15) is 0 Å². The number of hydrogen-bond donors (Lipinski definition) is 1. The fourth-order valence-corrected chi connectivity index (χ4v) is 3.96. The standard InChI is InChI=1S/C21H19N3S/c1-13-8-7-11-18(14(13)2)24-20-17-12-19(16-9-5-4-6-10-16)25-21(17)23-15(3)22-20/h4-12H,1-3H3,(H,22,23,24). The Morgan fingerprint density at radius 1 is 0.880 bits per heavy atom. The molecule has 4 heteroatoms. The first-order valence-electron chi connectivity index (χ1n) is 8.28. The van der Waals surface area contributed by atoms with Gasteiger partial charge in [0, 0.05) is 10.6 Å². The van der Waals surface area contributed by atoms with Crippen molar-refractivity contribution in [1.29, 1.82) is 0 Å². The van der Waals surface area contributed by atoms with E-state index < -0.39 is 0 Å². The molecule has 0 fully saturated rings. The van der Waals surface area contributed by atoms with Crippen molar-refractivity contribution in [3.05, 3.63) is 71.5 Å². The fraction of sp³-hybridized carbons (Fsp3) is 0.143. The summed E-state index contributed by atoms with van der Waals surface area (Å²) in [6.45, 7) is 6.20. The third-order valence-electron chi connectivity index (χ3n) is 4.42. The van der Waals surface area contributed by atoms with Crippen molar-refractivity contribution in [2.45, 2.75) is 20.8 Å². The van der Waals surface area contributed by atoms with E-state index in [0.29, 0.717) is 0 Å². The average molecular weight is 345 g/mol. The molecular formula is C21H19N3S. The van der Waals surface area contributed by atoms with Gasteiger partial charge in [-0.05, 0) is 49.6 Å². The predicted octanol–water partition coefficient (Wildman–Crippen LogP) is 6.03. The summed E-state index contributed by atoms with van der Waals surface area (Å²) in [5.74, 6) is 1.65. The highest BCUT2D eigenvalue weighted by molar-refractivity contribution is 7.21. The van der Waals surface area contributed by atoms with Crippen LogP contribution in [0.4, 0.5) is 11.5 Å². The van der Waals surface area contributed by atoms with Gasteiger partial charge in [-0.3, -0.25) is 0 Å². The third-order valence-corrected chi connectivity index (χ3v) is 5.50. The van der Waals surface area contributed by atoms with E-state index in [1.165, 1.54) is 21.6 Å². The lowest BCUT2D eigenvalue weighted by molar-refractivity contribution is 1.10. The maximum Gasteiger partial charge on any atom is 0.142 e. The highest BCUT2D eigenvalue weighted by atomic mass is 32.1. The Hall–Kier alpha value is -2.72. The molecule has 3 nitrogen and oxygen atoms in total. The molecule has 4 aromatic rings. The molecule has 0 bridgehead atoms. The minimum Gasteiger partial charge on any atom is -0.339 e. The number of aromatic nitrogens is 2. The molecule has 0 saturated carbocycles. The molecule has 0 amide bonds. The minimum atomic E-state index is 0.779. The van der Waals surface area contributed by atoms with Crippen molar-refractivity contribution in [3.63, 3.8) is 0 Å². The lowest BCUT2D eigenvalue weighted by Crippen LogP contribution is -1.99. The minimum absolute atomic E-state index is 0.779. The number of rotatable bonds is 3. The van der Waals surface area contributed by atoms with E-state index in [9.17, 15) is 0 Å². The highest BCUT2D eigenvalue weighted by Crippen LogP contribution is 2.36. The van der Waals surface area contributed by atoms with Crippen LogP contribution < -0.4 is 5.32 Å². The van der Waals surface area contributed by atoms with Crippen molar-refractivity contribution in [2.75, 3.05) is 5.32 Å². The van der Waals surface area contributed by atoms with Gasteiger partial charge in [0.25, 0.3) is 0 Å². The molecule has 0 aliphatic heterocycles. The zero-order valence-electron chi connectivity index (χ0n) is 14.5. The van der Waals surface area contributed by atoms with Crippen LogP contribution in [-0.2, 0) is 0 Å². The first kappa shape index (κ1) is 15.8. The summed E-state index contributed by atoms with van der Waals surface area (Å²) >= 11 is 1.71. The monoisotopic (exact) mass is 345 g/mol. The number of hydrogen-bond acceptors (Lipinski definition) is 4. The van der Waals surface area contributed by atoms with Gasteiger partial charge in [-0.25, -0.2) is 9.97 Å². The smallest absolute Gasteiger partial charge is 0.142 e. The summed E-state index contributed by atoms with van der Waals surface area (Å²) in [7, 11) is 0. The largest absolute Gasteiger partial charge is 0.339 e. The molecule has 0 radical (unpaired) electrons. The Kier molecular flexibility index (Phi) is 3.98. The second-order valence-corrected chi connectivity index (χ2v) is 7.22. The van der Waals surface area contributed by atoms with Crippen LogP contribution in [0.15, 0.2) is 54.6 Å². The van der Waals surface area contributed by atoms with Crippen LogP contribution in [0.25, 0.3) is 20.7 Å². The van der Waals surface area contributed by atoms with Crippen molar-refractivity contribution in [1.82, 2.24) is 9.97 Å². The first-order valence-corrected chi connectivity index (χ1v) is 9.10. The molecule has 1 N–H and O–H groups in total. The number of nitrogens with zero attached hydrogens (tertiary/aromatic N) is 2. The van der Waals surface area contributed by atoms with Gasteiger partial charge in [0.2, 0.25) is 0 Å². The SMILES string of the molecule is Cc1nc(Nc2cccc(C)c2C)c2cc(-c3ccccc3)sc2n1. The van der Waals surface area contributed by atoms with Gasteiger partial charge < -0.3 is 5.32 Å². The molecule has 0 aliphatic carbocycles. The average Bonchev–Trinajstić information content (AvgIpc) is 3.04. The van der Waals surface area contributed by atoms with Gasteiger partial charge in [-0.15, -0.1) is 11.3 Å². The second kappa shape index (κ2) is 6.30. The summed E-state index contributed by atoms with van der Waals surface area (Å²) in [6, 6.07) is 18.9. The summed E-state index contributed by atoms with van der Waals surface area (Å²) in [4.78, 5) is 11.5. The first-order chi connectivity index (χ1) is 12.1. The maximum absolute atomic E-state index is 4.66. The molecule has 2 aromatic heterocycles. The lowest BCUT2D eigenvalue weighted by Gasteiger charge is -2.11. The lowest BCUT2D eigenvalue weighted by atomic mass is 10.1. The second-order valence-electron chi connectivity index (χ2n) is 6.19. The molecule has 0 unspecified atom stereocenters. The quantitative estimate of drug-likeness (QED) is 0.493. The van der Waals surface area contributed by atoms with Crippen LogP contribution in [-0.4, -0.2) is 9.97 Å². The van der Waals surface area contributed by atoms with Crippen LogP contribution in [0.3, 0.4) is 0 Å². The number of anilines is 2. The molecule has 25 heavy (non-hydrogen) atoms. The Morgan fingerprint density at radius 2 is 1.68 bits per heavy atom. The van der Waals surface area contributed by atoms with Gasteiger partial charge in [0.1, 0.15) is 16.5 Å². The van der Waals surface area contributed by atoms with Crippen LogP contribution in [0, 0.1) is 20.8 Å². The van der Waals surface area contributed by atoms with E-state index in [1.807, 2.05) is 13.0 Å². The normalized spacial score (nSPS) is 11.0. The molecule has 0 atom stereocenters. The molecule has 124 valence electrons. The molecule has 4 rings (SSSR count). The zero-order chi connectivity index (χ0) is 17.4. The summed E-state index contributed by atoms with van der Waals surface area (Å²) in [6.07, 6.45) is 0. The number of benzene rings is 2. The van der Waals surface area contributed by atoms with Crippen molar-refractivity contribution in [3.8, 4) is 10.4 Å². The third kappa shape index (κ3) is 3.01. The number of nitrogens with one attached hydrogen (secondary N) is 1. The molecule has 2 aromatic carbocycles. The Labute approximate surface area is 151 Å². The van der Waals surface area contributed by atoms with Crippen molar-refractivity contribution >= 4 is 33.1 Å². The number of thiophene rings is 1. The van der Waals surface area contributed by atoms with Crippen LogP contribution in [0.1, 0.15) is 17.0 Å². The van der Waals surface area contributed by atoms with E-state index in [1.54, 1.807) is 11.3 Å². The van der Waals surface area contributed by atoms with Gasteiger partial charge in [-0.1, -0.05) is 42.5 Å². The zero-order valence-corrected chi connectivity index (χ0v) is 15.3. The topological polar surface area (TPSA) is 37.8 Å². The molecular weight excluding hydrogens is 326 g/mol. The van der Waals surface area contributed by atoms with E-state index in [0.717, 1.165) is 27.5 Å². The predicted molar refractivity (Wildman–Crippen MR) is 107 cm³/mol. The molecule has 2 heterocycles. The van der Waals surface area contributed by atoms with Gasteiger partial charge in [0.15, 0.2) is 0 Å². The van der Waals surface area contributed by atoms with Crippen molar-refractivity contribution in [2.24, 2.45) is 0 Å². The Balaban J connectivity index is 1.83. The van der Waals surface area contributed by atoms with E-state index in [4.69, 9.17) is 0 Å². The molecule has 0 saturated heterocycles. The summed E-state index contributed by atoms with van der Waals surface area (Å²) in [5.41, 5.74) is 4.81.